The number of hydrogen-bond acceptors (Lipinski definition) is 1. The van der Waals surface area contributed by atoms with Crippen molar-refractivity contribution in [3.05, 3.63) is 6.92 Å². The maximum atomic E-state index is 10.7. The summed E-state index contributed by atoms with van der Waals surface area (Å²) in [6, 6.07) is 0. The van der Waals surface area contributed by atoms with Crippen LogP contribution in [0.5, 0.6) is 0 Å². The molecule has 49 valence electrons. The lowest BCUT2D eigenvalue weighted by atomic mass is 10.4. The molecule has 0 aromatic rings. The Bertz CT molecular complexity index is 47.8. The Morgan fingerprint density at radius 3 is 2.62 bits per heavy atom. The quantitative estimate of drug-likeness (QED) is 0.531. The van der Waals surface area contributed by atoms with Crippen molar-refractivity contribution < 1.29 is 4.55 Å². The molecule has 0 saturated heterocycles. The highest BCUT2D eigenvalue weighted by atomic mass is 32.2. The average Bonchev–Trinajstić information content (AvgIpc) is 1.83. The zero-order chi connectivity index (χ0) is 6.41. The third kappa shape index (κ3) is 4.47. The van der Waals surface area contributed by atoms with Gasteiger partial charge in [-0.25, -0.2) is 0 Å². The van der Waals surface area contributed by atoms with E-state index in [0.717, 1.165) is 24.3 Å². The summed E-state index contributed by atoms with van der Waals surface area (Å²) < 4.78 is 10.7. The molecule has 0 saturated carbocycles. The predicted molar refractivity (Wildman–Crippen MR) is 38.1 cm³/mol. The van der Waals surface area contributed by atoms with Gasteiger partial charge in [-0.1, -0.05) is 18.1 Å². The smallest absolute Gasteiger partial charge is 0.105 e. The minimum Gasteiger partial charge on any atom is -0.616 e. The van der Waals surface area contributed by atoms with Crippen molar-refractivity contribution in [3.8, 4) is 0 Å². The highest BCUT2D eigenvalue weighted by Crippen LogP contribution is 1.94. The first-order valence-electron chi connectivity index (χ1n) is 2.95. The van der Waals surface area contributed by atoms with E-state index in [2.05, 4.69) is 6.92 Å². The standard InChI is InChI=1S/C6H13OS/c1-3-5-6-8(7)4-2/h1,3-6H2,2H3. The van der Waals surface area contributed by atoms with Gasteiger partial charge in [0.1, 0.15) is 11.5 Å². The molecule has 0 rings (SSSR count). The summed E-state index contributed by atoms with van der Waals surface area (Å²) in [5, 5.41) is 0. The van der Waals surface area contributed by atoms with Crippen LogP contribution in [0.2, 0.25) is 0 Å². The summed E-state index contributed by atoms with van der Waals surface area (Å²) in [5.74, 6) is 1.62. The minimum absolute atomic E-state index is 0.567. The lowest BCUT2D eigenvalue weighted by Gasteiger charge is -2.05. The predicted octanol–water partition coefficient (Wildman–Crippen LogP) is 1.37. The zero-order valence-electron chi connectivity index (χ0n) is 5.35. The molecular weight excluding hydrogens is 120 g/mol. The fourth-order valence-corrected chi connectivity index (χ4v) is 1.22. The van der Waals surface area contributed by atoms with Crippen molar-refractivity contribution in [3.63, 3.8) is 0 Å². The number of hydrogen-bond donors (Lipinski definition) is 0. The van der Waals surface area contributed by atoms with Gasteiger partial charge in [0, 0.05) is 0 Å². The molecule has 0 aliphatic heterocycles. The van der Waals surface area contributed by atoms with Crippen molar-refractivity contribution >= 4 is 11.2 Å². The zero-order valence-corrected chi connectivity index (χ0v) is 6.17. The van der Waals surface area contributed by atoms with Crippen LogP contribution in [0.1, 0.15) is 19.8 Å². The number of rotatable bonds is 4. The lowest BCUT2D eigenvalue weighted by Crippen LogP contribution is -2.07. The van der Waals surface area contributed by atoms with Crippen molar-refractivity contribution in [2.75, 3.05) is 11.5 Å². The minimum atomic E-state index is -0.567. The van der Waals surface area contributed by atoms with E-state index in [0.29, 0.717) is 0 Å². The van der Waals surface area contributed by atoms with Gasteiger partial charge in [-0.2, -0.15) is 0 Å². The molecule has 0 N–H and O–H groups in total. The fraction of sp³-hybridized carbons (Fsp3) is 0.833. The maximum absolute atomic E-state index is 10.7. The van der Waals surface area contributed by atoms with Gasteiger partial charge in [-0.3, -0.25) is 0 Å². The second-order valence-corrected chi connectivity index (χ2v) is 3.50. The van der Waals surface area contributed by atoms with Gasteiger partial charge >= 0.3 is 0 Å². The molecule has 0 fully saturated rings. The topological polar surface area (TPSA) is 23.1 Å². The molecule has 0 bridgehead atoms. The first-order chi connectivity index (χ1) is 3.81. The van der Waals surface area contributed by atoms with Crippen LogP contribution in [0.25, 0.3) is 0 Å². The van der Waals surface area contributed by atoms with Gasteiger partial charge in [0.15, 0.2) is 0 Å². The van der Waals surface area contributed by atoms with E-state index < -0.39 is 11.2 Å². The molecule has 0 aliphatic rings. The van der Waals surface area contributed by atoms with Gasteiger partial charge in [0.25, 0.3) is 0 Å². The van der Waals surface area contributed by atoms with Gasteiger partial charge in [-0.05, 0) is 19.8 Å². The molecule has 8 heavy (non-hydrogen) atoms. The van der Waals surface area contributed by atoms with Crippen LogP contribution in [0.15, 0.2) is 0 Å². The first kappa shape index (κ1) is 8.31. The van der Waals surface area contributed by atoms with Gasteiger partial charge in [0.2, 0.25) is 0 Å². The summed E-state index contributed by atoms with van der Waals surface area (Å²) in [6.07, 6.45) is 1.91. The lowest BCUT2D eigenvalue weighted by molar-refractivity contribution is 0.593. The summed E-state index contributed by atoms with van der Waals surface area (Å²) >= 11 is -0.567. The normalized spacial score (nSPS) is 13.9. The molecule has 0 heterocycles. The Labute approximate surface area is 54.7 Å². The first-order valence-corrected chi connectivity index (χ1v) is 4.44. The Balaban J connectivity index is 2.86. The molecule has 0 spiro atoms. The highest BCUT2D eigenvalue weighted by molar-refractivity contribution is 7.91. The van der Waals surface area contributed by atoms with Gasteiger partial charge in [0.05, 0.1) is 0 Å². The van der Waals surface area contributed by atoms with Crippen LogP contribution in [0.3, 0.4) is 0 Å². The second-order valence-electron chi connectivity index (χ2n) is 1.64. The third-order valence-electron chi connectivity index (χ3n) is 0.944. The molecule has 0 amide bonds. The van der Waals surface area contributed by atoms with Crippen molar-refractivity contribution in [1.29, 1.82) is 0 Å². The van der Waals surface area contributed by atoms with Crippen molar-refractivity contribution in [2.24, 2.45) is 0 Å². The van der Waals surface area contributed by atoms with Crippen LogP contribution in [-0.2, 0) is 11.2 Å². The van der Waals surface area contributed by atoms with E-state index in [1.54, 1.807) is 0 Å². The van der Waals surface area contributed by atoms with E-state index in [-0.39, 0.29) is 0 Å². The summed E-state index contributed by atoms with van der Waals surface area (Å²) in [7, 11) is 0. The van der Waals surface area contributed by atoms with Gasteiger partial charge < -0.3 is 4.55 Å². The SMILES string of the molecule is [CH2]CCC[S+]([O-])CC. The monoisotopic (exact) mass is 133 g/mol. The van der Waals surface area contributed by atoms with Crippen LogP contribution >= 0.6 is 0 Å². The van der Waals surface area contributed by atoms with Crippen LogP contribution in [0.4, 0.5) is 0 Å². The Morgan fingerprint density at radius 1 is 1.62 bits per heavy atom. The third-order valence-corrected chi connectivity index (χ3v) is 2.33. The molecule has 0 aromatic carbocycles. The molecule has 0 aromatic heterocycles. The molecule has 1 atom stereocenters. The Morgan fingerprint density at radius 2 is 2.25 bits per heavy atom. The highest BCUT2D eigenvalue weighted by Gasteiger charge is 1.97. The molecular formula is C6H13OS. The largest absolute Gasteiger partial charge is 0.616 e. The molecule has 0 aliphatic carbocycles. The number of unbranched alkanes of at least 4 members (excludes halogenated alkanes) is 1. The van der Waals surface area contributed by atoms with Gasteiger partial charge in [-0.15, -0.1) is 0 Å². The molecule has 1 nitrogen and oxygen atoms in total. The Kier molecular flexibility index (Phi) is 5.66. The van der Waals surface area contributed by atoms with Crippen LogP contribution < -0.4 is 0 Å². The van der Waals surface area contributed by atoms with Crippen molar-refractivity contribution in [1.82, 2.24) is 0 Å². The van der Waals surface area contributed by atoms with E-state index >= 15 is 0 Å². The summed E-state index contributed by atoms with van der Waals surface area (Å²) in [5.41, 5.74) is 0. The fourth-order valence-electron chi connectivity index (χ4n) is 0.407. The van der Waals surface area contributed by atoms with Crippen molar-refractivity contribution in [2.45, 2.75) is 19.8 Å². The van der Waals surface area contributed by atoms with E-state index in [4.69, 9.17) is 0 Å². The summed E-state index contributed by atoms with van der Waals surface area (Å²) in [6.45, 7) is 5.60. The average molecular weight is 133 g/mol. The second kappa shape index (κ2) is 5.45. The van der Waals surface area contributed by atoms with E-state index in [1.807, 2.05) is 6.92 Å². The van der Waals surface area contributed by atoms with Crippen LogP contribution in [0, 0.1) is 6.92 Å². The Hall–Kier alpha value is 0.310. The molecule has 1 unspecified atom stereocenters. The molecule has 1 radical (unpaired) electrons. The van der Waals surface area contributed by atoms with E-state index in [9.17, 15) is 4.55 Å². The van der Waals surface area contributed by atoms with Crippen LogP contribution in [-0.4, -0.2) is 16.1 Å². The summed E-state index contributed by atoms with van der Waals surface area (Å²) in [4.78, 5) is 0. The molecule has 2 heteroatoms. The van der Waals surface area contributed by atoms with E-state index in [1.165, 1.54) is 0 Å². The maximum Gasteiger partial charge on any atom is 0.105 e.